The van der Waals surface area contributed by atoms with Gasteiger partial charge in [0.1, 0.15) is 5.75 Å². The van der Waals surface area contributed by atoms with Gasteiger partial charge >= 0.3 is 0 Å². The van der Waals surface area contributed by atoms with Gasteiger partial charge in [-0.15, -0.1) is 6.58 Å². The van der Waals surface area contributed by atoms with Gasteiger partial charge in [0.15, 0.2) is 5.82 Å². The van der Waals surface area contributed by atoms with Crippen LogP contribution in [0.4, 0.5) is 17.2 Å². The third-order valence-electron chi connectivity index (χ3n) is 3.69. The van der Waals surface area contributed by atoms with Crippen LogP contribution in [0.1, 0.15) is 43.6 Å². The predicted molar refractivity (Wildman–Crippen MR) is 122 cm³/mol. The van der Waals surface area contributed by atoms with E-state index in [0.29, 0.717) is 23.7 Å². The molecule has 2 heterocycles. The van der Waals surface area contributed by atoms with Gasteiger partial charge in [0.2, 0.25) is 0 Å². The van der Waals surface area contributed by atoms with Gasteiger partial charge in [-0.3, -0.25) is 4.79 Å². The van der Waals surface area contributed by atoms with Crippen LogP contribution in [0.25, 0.3) is 0 Å². The Bertz CT molecular complexity index is 847. The Morgan fingerprint density at radius 1 is 1.28 bits per heavy atom. The van der Waals surface area contributed by atoms with Crippen LogP contribution in [-0.2, 0) is 6.42 Å². The molecule has 1 aliphatic rings. The Hall–Kier alpha value is -3.28. The molecular weight excluding hydrogens is 364 g/mol. The number of ether oxygens (including phenoxy) is 1. The van der Waals surface area contributed by atoms with Crippen molar-refractivity contribution < 1.29 is 9.53 Å². The Labute approximate surface area is 174 Å². The van der Waals surface area contributed by atoms with E-state index in [1.54, 1.807) is 19.2 Å². The van der Waals surface area contributed by atoms with Crippen LogP contribution >= 0.6 is 0 Å². The highest BCUT2D eigenvalue weighted by atomic mass is 16.5. The summed E-state index contributed by atoms with van der Waals surface area (Å²) in [5.74, 6) is 1.27. The molecule has 156 valence electrons. The number of nitrogens with zero attached hydrogens (tertiary/aromatic N) is 1. The molecule has 3 N–H and O–H groups in total. The first-order chi connectivity index (χ1) is 14.0. The van der Waals surface area contributed by atoms with E-state index in [1.165, 1.54) is 11.8 Å². The summed E-state index contributed by atoms with van der Waals surface area (Å²) in [6.07, 6.45) is 4.19. The van der Waals surface area contributed by atoms with Crippen LogP contribution in [0.5, 0.6) is 5.75 Å². The Balaban J connectivity index is 0.000000771. The molecule has 0 radical (unpaired) electrons. The van der Waals surface area contributed by atoms with Crippen LogP contribution in [0.2, 0.25) is 0 Å². The number of hydrogen-bond donors (Lipinski definition) is 3. The minimum atomic E-state index is -0.192. The summed E-state index contributed by atoms with van der Waals surface area (Å²) in [5, 5.41) is 9.03. The van der Waals surface area contributed by atoms with Gasteiger partial charge in [-0.1, -0.05) is 38.6 Å². The first kappa shape index (κ1) is 23.8. The second-order valence-corrected chi connectivity index (χ2v) is 6.03. The summed E-state index contributed by atoms with van der Waals surface area (Å²) in [4.78, 5) is 16.2. The van der Waals surface area contributed by atoms with Crippen molar-refractivity contribution in [1.29, 1.82) is 0 Å². The van der Waals surface area contributed by atoms with E-state index in [9.17, 15) is 4.79 Å². The van der Waals surface area contributed by atoms with E-state index >= 15 is 0 Å². The lowest BCUT2D eigenvalue weighted by molar-refractivity contribution is 0.0963. The van der Waals surface area contributed by atoms with Crippen molar-refractivity contribution in [2.45, 2.75) is 34.1 Å². The summed E-state index contributed by atoms with van der Waals surface area (Å²) in [7, 11) is 1.59. The number of nitrogens with one attached hydrogen (secondary N) is 3. The molecular formula is C23H32N4O2. The second-order valence-electron chi connectivity index (χ2n) is 6.03. The highest BCUT2D eigenvalue weighted by Crippen LogP contribution is 2.36. The smallest absolute Gasteiger partial charge is 0.252 e. The Kier molecular flexibility index (Phi) is 10.0. The molecule has 1 aromatic heterocycles. The van der Waals surface area contributed by atoms with E-state index in [-0.39, 0.29) is 5.91 Å². The average molecular weight is 397 g/mol. The number of fused-ring (bicyclic) bond motifs is 1. The molecule has 0 saturated carbocycles. The van der Waals surface area contributed by atoms with Crippen LogP contribution in [0.3, 0.4) is 0 Å². The van der Waals surface area contributed by atoms with E-state index < -0.39 is 0 Å². The number of amides is 1. The van der Waals surface area contributed by atoms with E-state index in [4.69, 9.17) is 4.74 Å². The van der Waals surface area contributed by atoms with Crippen LogP contribution in [0.15, 0.2) is 55.4 Å². The first-order valence-corrected chi connectivity index (χ1v) is 9.73. The van der Waals surface area contributed by atoms with Gasteiger partial charge in [0.05, 0.1) is 23.5 Å². The number of allylic oxidation sites excluding steroid dienone is 2. The summed E-state index contributed by atoms with van der Waals surface area (Å²) in [5.41, 5.74) is 3.94. The number of pyridine rings is 1. The highest BCUT2D eigenvalue weighted by molar-refractivity contribution is 5.95. The molecule has 0 unspecified atom stereocenters. The molecule has 0 aliphatic carbocycles. The summed E-state index contributed by atoms with van der Waals surface area (Å²) in [6, 6.07) is 7.74. The highest BCUT2D eigenvalue weighted by Gasteiger charge is 2.18. The molecule has 1 aromatic carbocycles. The zero-order valence-corrected chi connectivity index (χ0v) is 18.1. The van der Waals surface area contributed by atoms with Gasteiger partial charge in [-0.05, 0) is 31.5 Å². The van der Waals surface area contributed by atoms with Gasteiger partial charge in [0, 0.05) is 25.4 Å². The fourth-order valence-corrected chi connectivity index (χ4v) is 2.60. The fourth-order valence-electron chi connectivity index (χ4n) is 2.60. The number of aromatic nitrogens is 1. The maximum Gasteiger partial charge on any atom is 0.252 e. The van der Waals surface area contributed by atoms with Crippen molar-refractivity contribution in [2.24, 2.45) is 0 Å². The van der Waals surface area contributed by atoms with Gasteiger partial charge in [0.25, 0.3) is 5.91 Å². The molecule has 0 bridgehead atoms. The minimum Gasteiger partial charge on any atom is -0.491 e. The minimum absolute atomic E-state index is 0.192. The molecule has 3 rings (SSSR count). The van der Waals surface area contributed by atoms with Crippen molar-refractivity contribution in [2.75, 3.05) is 24.3 Å². The maximum absolute atomic E-state index is 11.8. The number of carbonyl (C=O) groups is 1. The summed E-state index contributed by atoms with van der Waals surface area (Å²) < 4.78 is 5.71. The molecule has 0 spiro atoms. The number of para-hydroxylation sites is 1. The zero-order valence-electron chi connectivity index (χ0n) is 18.1. The van der Waals surface area contributed by atoms with Gasteiger partial charge in [-0.25, -0.2) is 4.98 Å². The third-order valence-corrected chi connectivity index (χ3v) is 3.69. The summed E-state index contributed by atoms with van der Waals surface area (Å²) in [6.45, 7) is 15.6. The van der Waals surface area contributed by atoms with Crippen molar-refractivity contribution in [3.8, 4) is 5.75 Å². The molecule has 1 amide bonds. The standard InChI is InChI=1S/C18H20N4O2.C3H6.C2H6/c1-11(2)21-15-9-13(18(23)19-3)10-20-17(15)22-14-6-4-5-12-7-8-24-16(12)14;1-3-2;1-2/h4-6,9-10,21H,1,7-8H2,2-3H3,(H,19,23)(H,20,22);3H,1H2,2H3;1-2H3. The molecule has 29 heavy (non-hydrogen) atoms. The number of carbonyl (C=O) groups excluding carboxylic acids is 1. The molecule has 0 saturated heterocycles. The molecule has 2 aromatic rings. The van der Waals surface area contributed by atoms with Crippen LogP contribution in [-0.4, -0.2) is 24.5 Å². The molecule has 6 heteroatoms. The van der Waals surface area contributed by atoms with Crippen molar-refractivity contribution in [1.82, 2.24) is 10.3 Å². The Morgan fingerprint density at radius 3 is 2.59 bits per heavy atom. The SMILES string of the molecule is C=C(C)Nc1cc(C(=O)NC)cnc1Nc1cccc2c1OCC2.C=CC.CC. The monoisotopic (exact) mass is 396 g/mol. The zero-order chi connectivity index (χ0) is 21.8. The second kappa shape index (κ2) is 12.2. The van der Waals surface area contributed by atoms with Gasteiger partial charge < -0.3 is 20.7 Å². The van der Waals surface area contributed by atoms with E-state index in [0.717, 1.165) is 23.6 Å². The Morgan fingerprint density at radius 2 is 1.97 bits per heavy atom. The normalized spacial score (nSPS) is 10.7. The predicted octanol–water partition coefficient (Wildman–Crippen LogP) is 5.28. The van der Waals surface area contributed by atoms with Gasteiger partial charge in [-0.2, -0.15) is 0 Å². The maximum atomic E-state index is 11.8. The quantitative estimate of drug-likeness (QED) is 0.599. The first-order valence-electron chi connectivity index (χ1n) is 9.73. The number of hydrogen-bond acceptors (Lipinski definition) is 5. The van der Waals surface area contributed by atoms with Crippen LogP contribution < -0.4 is 20.7 Å². The lowest BCUT2D eigenvalue weighted by Crippen LogP contribution is -2.18. The van der Waals surface area contributed by atoms with Crippen molar-refractivity contribution in [3.63, 3.8) is 0 Å². The largest absolute Gasteiger partial charge is 0.491 e. The third kappa shape index (κ3) is 6.68. The number of anilines is 3. The van der Waals surface area contributed by atoms with E-state index in [1.807, 2.05) is 39.8 Å². The number of benzene rings is 1. The topological polar surface area (TPSA) is 75.3 Å². The number of rotatable bonds is 5. The van der Waals surface area contributed by atoms with E-state index in [2.05, 4.69) is 40.2 Å². The van der Waals surface area contributed by atoms with Crippen molar-refractivity contribution >= 4 is 23.1 Å². The molecule has 1 aliphatic heterocycles. The average Bonchev–Trinajstić information content (AvgIpc) is 3.20. The lowest BCUT2D eigenvalue weighted by atomic mass is 10.1. The van der Waals surface area contributed by atoms with Crippen LogP contribution in [0, 0.1) is 0 Å². The molecule has 0 atom stereocenters. The molecule has 6 nitrogen and oxygen atoms in total. The van der Waals surface area contributed by atoms with Crippen molar-refractivity contribution in [3.05, 3.63) is 66.5 Å². The fraction of sp³-hybridized carbons (Fsp3) is 0.304. The summed E-state index contributed by atoms with van der Waals surface area (Å²) >= 11 is 0. The lowest BCUT2D eigenvalue weighted by Gasteiger charge is -2.15. The molecule has 0 fully saturated rings.